The Hall–Kier alpha value is -1.44. The highest BCUT2D eigenvalue weighted by Gasteiger charge is 2.47. The number of nitrogens with zero attached hydrogens (tertiary/aromatic N) is 1. The maximum absolute atomic E-state index is 11.6. The molecule has 3 heterocycles. The van der Waals surface area contributed by atoms with E-state index in [4.69, 9.17) is 0 Å². The van der Waals surface area contributed by atoms with Crippen molar-refractivity contribution in [1.29, 1.82) is 0 Å². The summed E-state index contributed by atoms with van der Waals surface area (Å²) < 4.78 is 0. The van der Waals surface area contributed by atoms with Gasteiger partial charge in [0.05, 0.1) is 18.5 Å². The molecule has 0 aromatic rings. The van der Waals surface area contributed by atoms with Gasteiger partial charge in [-0.15, -0.1) is 0 Å². The number of fused-ring (bicyclic) bond motifs is 1. The van der Waals surface area contributed by atoms with Gasteiger partial charge in [0, 0.05) is 12.2 Å². The molecule has 0 radical (unpaired) electrons. The lowest BCUT2D eigenvalue weighted by Crippen LogP contribution is -2.51. The van der Waals surface area contributed by atoms with E-state index in [1.165, 1.54) is 6.34 Å². The van der Waals surface area contributed by atoms with Crippen LogP contribution in [0.5, 0.6) is 0 Å². The fourth-order valence-electron chi connectivity index (χ4n) is 2.76. The van der Waals surface area contributed by atoms with E-state index in [1.54, 1.807) is 6.20 Å². The largest absolute Gasteiger partial charge is 0.389 e. The fraction of sp³-hybridized carbons (Fsp3) is 0.636. The van der Waals surface area contributed by atoms with Crippen LogP contribution in [0.4, 0.5) is 0 Å². The molecule has 0 spiro atoms. The van der Waals surface area contributed by atoms with E-state index >= 15 is 0 Å². The zero-order valence-electron chi connectivity index (χ0n) is 9.87. The lowest BCUT2D eigenvalue weighted by molar-refractivity contribution is -0.121. The second-order valence-electron chi connectivity index (χ2n) is 4.93. The summed E-state index contributed by atoms with van der Waals surface area (Å²) in [6, 6.07) is -1.30. The Labute approximate surface area is 104 Å². The van der Waals surface area contributed by atoms with Crippen LogP contribution in [0.1, 0.15) is 6.92 Å². The third-order valence-electron chi connectivity index (χ3n) is 3.82. The molecule has 6 atom stereocenters. The van der Waals surface area contributed by atoms with E-state index in [0.717, 1.165) is 5.57 Å². The minimum absolute atomic E-state index is 0.137. The summed E-state index contributed by atoms with van der Waals surface area (Å²) >= 11 is 0. The van der Waals surface area contributed by atoms with Gasteiger partial charge in [-0.1, -0.05) is 0 Å². The van der Waals surface area contributed by atoms with Crippen molar-refractivity contribution >= 4 is 12.2 Å². The van der Waals surface area contributed by atoms with Crippen molar-refractivity contribution in [1.82, 2.24) is 16.0 Å². The number of hydrogen-bond donors (Lipinski definition) is 5. The van der Waals surface area contributed by atoms with Gasteiger partial charge in [0.15, 0.2) is 0 Å². The van der Waals surface area contributed by atoms with Crippen molar-refractivity contribution in [2.24, 2.45) is 4.99 Å². The summed E-state index contributed by atoms with van der Waals surface area (Å²) in [5, 5.41) is 28.4. The molecule has 98 valence electrons. The summed E-state index contributed by atoms with van der Waals surface area (Å²) in [6.07, 6.45) is 1.40. The third kappa shape index (κ3) is 1.55. The normalized spacial score (nSPS) is 46.4. The van der Waals surface area contributed by atoms with E-state index in [9.17, 15) is 15.0 Å². The van der Waals surface area contributed by atoms with E-state index in [0.29, 0.717) is 0 Å². The Bertz CT molecular complexity index is 436. The van der Waals surface area contributed by atoms with Crippen molar-refractivity contribution in [2.45, 2.75) is 43.3 Å². The number of aliphatic hydroxyl groups is 2. The van der Waals surface area contributed by atoms with Crippen molar-refractivity contribution in [3.05, 3.63) is 11.8 Å². The molecule has 0 saturated carbocycles. The first kappa shape index (κ1) is 11.6. The average Bonchev–Trinajstić information content (AvgIpc) is 2.88. The molecule has 18 heavy (non-hydrogen) atoms. The molecule has 7 nitrogen and oxygen atoms in total. The van der Waals surface area contributed by atoms with E-state index in [-0.39, 0.29) is 24.0 Å². The molecule has 2 unspecified atom stereocenters. The summed E-state index contributed by atoms with van der Waals surface area (Å²) in [4.78, 5) is 15.8. The van der Waals surface area contributed by atoms with Gasteiger partial charge < -0.3 is 26.2 Å². The highest BCUT2D eigenvalue weighted by molar-refractivity contribution is 5.95. The zero-order valence-corrected chi connectivity index (χ0v) is 9.87. The zero-order chi connectivity index (χ0) is 12.9. The molecule has 3 aliphatic heterocycles. The monoisotopic (exact) mass is 252 g/mol. The van der Waals surface area contributed by atoms with Gasteiger partial charge in [0.25, 0.3) is 0 Å². The maximum atomic E-state index is 11.6. The van der Waals surface area contributed by atoms with Gasteiger partial charge in [0.2, 0.25) is 5.91 Å². The molecule has 5 N–H and O–H groups in total. The standard InChI is InChI=1S/C11H16N4O3/c1-4-9(16)10(17)7(15-4)5-2-12-8-6(5)13-3-14-11(8)18/h2-4,6-10,12,15-17H,1H3,(H,13,14,18)/t4-,6?,7+,8?,9-,10+/m1/s1. The number of aliphatic imine (C=N–C) groups is 1. The predicted octanol–water partition coefficient (Wildman–Crippen LogP) is -2.55. The smallest absolute Gasteiger partial charge is 0.250 e. The van der Waals surface area contributed by atoms with Crippen LogP contribution in [0, 0.1) is 0 Å². The average molecular weight is 252 g/mol. The molecule has 0 aromatic heterocycles. The first-order chi connectivity index (χ1) is 8.59. The van der Waals surface area contributed by atoms with Gasteiger partial charge in [-0.05, 0) is 12.5 Å². The van der Waals surface area contributed by atoms with Crippen LogP contribution < -0.4 is 16.0 Å². The molecule has 7 heteroatoms. The van der Waals surface area contributed by atoms with Crippen LogP contribution in [-0.4, -0.2) is 58.8 Å². The quantitative estimate of drug-likeness (QED) is 0.353. The molecule has 0 bridgehead atoms. The first-order valence-electron chi connectivity index (χ1n) is 6.00. The fourth-order valence-corrected chi connectivity index (χ4v) is 2.76. The summed E-state index contributed by atoms with van der Waals surface area (Å²) in [6.45, 7) is 1.81. The number of amides is 1. The van der Waals surface area contributed by atoms with Crippen LogP contribution >= 0.6 is 0 Å². The first-order valence-corrected chi connectivity index (χ1v) is 6.00. The highest BCUT2D eigenvalue weighted by atomic mass is 16.3. The van der Waals surface area contributed by atoms with Crippen LogP contribution in [0.3, 0.4) is 0 Å². The van der Waals surface area contributed by atoms with Gasteiger partial charge in [-0.2, -0.15) is 0 Å². The Kier molecular flexibility index (Phi) is 2.61. The second kappa shape index (κ2) is 4.04. The second-order valence-corrected chi connectivity index (χ2v) is 4.93. The van der Waals surface area contributed by atoms with Crippen molar-refractivity contribution in [2.75, 3.05) is 0 Å². The number of nitrogens with one attached hydrogen (secondary N) is 3. The van der Waals surface area contributed by atoms with Gasteiger partial charge in [-0.25, -0.2) is 0 Å². The highest BCUT2D eigenvalue weighted by Crippen LogP contribution is 2.28. The Morgan fingerprint density at radius 3 is 2.72 bits per heavy atom. The molecular weight excluding hydrogens is 236 g/mol. The topological polar surface area (TPSA) is 106 Å². The molecule has 0 aliphatic carbocycles. The Morgan fingerprint density at radius 1 is 1.28 bits per heavy atom. The molecular formula is C11H16N4O3. The minimum Gasteiger partial charge on any atom is -0.389 e. The molecule has 1 amide bonds. The van der Waals surface area contributed by atoms with Crippen molar-refractivity contribution in [3.63, 3.8) is 0 Å². The van der Waals surface area contributed by atoms with Gasteiger partial charge in [-0.3, -0.25) is 9.79 Å². The van der Waals surface area contributed by atoms with E-state index < -0.39 is 18.2 Å². The minimum atomic E-state index is -0.882. The van der Waals surface area contributed by atoms with Gasteiger partial charge >= 0.3 is 0 Å². The van der Waals surface area contributed by atoms with Crippen LogP contribution in [0.2, 0.25) is 0 Å². The third-order valence-corrected chi connectivity index (χ3v) is 3.82. The lowest BCUT2D eigenvalue weighted by atomic mass is 9.93. The van der Waals surface area contributed by atoms with Crippen molar-refractivity contribution < 1.29 is 15.0 Å². The summed E-state index contributed by atoms with van der Waals surface area (Å²) in [5.74, 6) is -0.137. The maximum Gasteiger partial charge on any atom is 0.250 e. The van der Waals surface area contributed by atoms with E-state index in [1.807, 2.05) is 6.92 Å². The predicted molar refractivity (Wildman–Crippen MR) is 63.8 cm³/mol. The Balaban J connectivity index is 1.84. The van der Waals surface area contributed by atoms with E-state index in [2.05, 4.69) is 20.9 Å². The number of aliphatic hydroxyl groups excluding tert-OH is 2. The Morgan fingerprint density at radius 2 is 2.06 bits per heavy atom. The number of rotatable bonds is 1. The number of carbonyl (C=O) groups is 1. The lowest BCUT2D eigenvalue weighted by Gasteiger charge is -2.25. The van der Waals surface area contributed by atoms with Crippen LogP contribution in [0.15, 0.2) is 16.8 Å². The number of hydrogen-bond acceptors (Lipinski definition) is 6. The van der Waals surface area contributed by atoms with Crippen LogP contribution in [0.25, 0.3) is 0 Å². The summed E-state index contributed by atoms with van der Waals surface area (Å²) in [7, 11) is 0. The molecule has 3 rings (SSSR count). The molecule has 0 aromatic carbocycles. The number of carbonyl (C=O) groups excluding carboxylic acids is 1. The molecule has 1 saturated heterocycles. The van der Waals surface area contributed by atoms with Gasteiger partial charge in [0.1, 0.15) is 18.2 Å². The SMILES string of the molecule is C[C@H]1N[C@@H](C2=CNC3C(=O)NC=NC23)[C@H](O)[C@@H]1O. The molecule has 3 aliphatic rings. The van der Waals surface area contributed by atoms with Crippen molar-refractivity contribution in [3.8, 4) is 0 Å². The molecule has 1 fully saturated rings. The van der Waals surface area contributed by atoms with Crippen LogP contribution in [-0.2, 0) is 4.79 Å². The summed E-state index contributed by atoms with van der Waals surface area (Å²) in [5.41, 5.74) is 0.807.